The minimum Gasteiger partial charge on any atom is -0.452 e. The normalized spacial score (nSPS) is 18.1. The summed E-state index contributed by atoms with van der Waals surface area (Å²) in [5.74, 6) is -0.197. The molecule has 1 atom stereocenters. The van der Waals surface area contributed by atoms with Crippen LogP contribution in [0, 0.1) is 5.92 Å². The van der Waals surface area contributed by atoms with E-state index < -0.39 is 5.97 Å². The molecule has 1 aliphatic rings. The number of hydrogen-bond donors (Lipinski definition) is 0. The highest BCUT2D eigenvalue weighted by Gasteiger charge is 2.22. The SMILES string of the molecule is CSc1ccc(Cl)c(C(=O)OCC(=O)N2CCC[C@@H](C)C2)c1. The largest absolute Gasteiger partial charge is 0.452 e. The minimum absolute atomic E-state index is 0.142. The highest BCUT2D eigenvalue weighted by Crippen LogP contribution is 2.23. The number of piperidine rings is 1. The van der Waals surface area contributed by atoms with Gasteiger partial charge in [0, 0.05) is 18.0 Å². The van der Waals surface area contributed by atoms with Gasteiger partial charge in [0.15, 0.2) is 6.61 Å². The molecule has 1 aromatic rings. The maximum atomic E-state index is 12.1. The molecule has 0 unspecified atom stereocenters. The smallest absolute Gasteiger partial charge is 0.340 e. The number of nitrogens with zero attached hydrogens (tertiary/aromatic N) is 1. The number of esters is 1. The first-order chi connectivity index (χ1) is 10.5. The van der Waals surface area contributed by atoms with E-state index in [2.05, 4.69) is 6.92 Å². The molecule has 0 aliphatic carbocycles. The highest BCUT2D eigenvalue weighted by atomic mass is 35.5. The average Bonchev–Trinajstić information content (AvgIpc) is 2.52. The zero-order chi connectivity index (χ0) is 16.1. The zero-order valence-corrected chi connectivity index (χ0v) is 14.4. The molecule has 2 rings (SSSR count). The number of carbonyl (C=O) groups excluding carboxylic acids is 2. The fourth-order valence-corrected chi connectivity index (χ4v) is 3.13. The quantitative estimate of drug-likeness (QED) is 0.621. The second kappa shape index (κ2) is 7.88. The molecule has 0 saturated carbocycles. The summed E-state index contributed by atoms with van der Waals surface area (Å²) in [7, 11) is 0. The van der Waals surface area contributed by atoms with Crippen molar-refractivity contribution in [2.24, 2.45) is 5.92 Å². The lowest BCUT2D eigenvalue weighted by molar-refractivity contribution is -0.136. The molecule has 1 fully saturated rings. The predicted octanol–water partition coefficient (Wildman–Crippen LogP) is 3.48. The summed E-state index contributed by atoms with van der Waals surface area (Å²) in [6.45, 7) is 3.37. The van der Waals surface area contributed by atoms with E-state index >= 15 is 0 Å². The van der Waals surface area contributed by atoms with E-state index in [-0.39, 0.29) is 12.5 Å². The molecule has 1 amide bonds. The number of thioether (sulfide) groups is 1. The van der Waals surface area contributed by atoms with Gasteiger partial charge in [-0.2, -0.15) is 0 Å². The fourth-order valence-electron chi connectivity index (χ4n) is 2.50. The summed E-state index contributed by atoms with van der Waals surface area (Å²) in [6, 6.07) is 5.19. The molecule has 0 aromatic heterocycles. The molecule has 120 valence electrons. The number of rotatable bonds is 4. The van der Waals surface area contributed by atoms with E-state index in [1.54, 1.807) is 17.0 Å². The fraction of sp³-hybridized carbons (Fsp3) is 0.500. The van der Waals surface area contributed by atoms with Gasteiger partial charge in [0.25, 0.3) is 5.91 Å². The van der Waals surface area contributed by atoms with Crippen LogP contribution < -0.4 is 0 Å². The summed E-state index contributed by atoms with van der Waals surface area (Å²) in [5.41, 5.74) is 0.299. The van der Waals surface area contributed by atoms with Gasteiger partial charge in [-0.1, -0.05) is 18.5 Å². The Morgan fingerprint density at radius 1 is 1.45 bits per heavy atom. The van der Waals surface area contributed by atoms with Crippen molar-refractivity contribution in [2.45, 2.75) is 24.7 Å². The van der Waals surface area contributed by atoms with Gasteiger partial charge >= 0.3 is 5.97 Å². The number of halogens is 1. The Labute approximate surface area is 140 Å². The Morgan fingerprint density at radius 3 is 2.91 bits per heavy atom. The molecule has 1 saturated heterocycles. The summed E-state index contributed by atoms with van der Waals surface area (Å²) in [6.07, 6.45) is 4.06. The molecule has 1 heterocycles. The van der Waals surface area contributed by atoms with E-state index in [9.17, 15) is 9.59 Å². The first kappa shape index (κ1) is 17.2. The van der Waals surface area contributed by atoms with Crippen LogP contribution >= 0.6 is 23.4 Å². The van der Waals surface area contributed by atoms with Crippen LogP contribution in [0.3, 0.4) is 0 Å². The zero-order valence-electron chi connectivity index (χ0n) is 12.8. The molecule has 1 aliphatic heterocycles. The van der Waals surface area contributed by atoms with Gasteiger partial charge in [-0.25, -0.2) is 4.79 Å². The summed E-state index contributed by atoms with van der Waals surface area (Å²) >= 11 is 7.54. The van der Waals surface area contributed by atoms with Crippen LogP contribution in [-0.2, 0) is 9.53 Å². The molecular formula is C16H20ClNO3S. The van der Waals surface area contributed by atoms with E-state index in [1.807, 2.05) is 12.3 Å². The lowest BCUT2D eigenvalue weighted by atomic mass is 10.0. The van der Waals surface area contributed by atoms with Gasteiger partial charge in [-0.15, -0.1) is 11.8 Å². The molecule has 22 heavy (non-hydrogen) atoms. The van der Waals surface area contributed by atoms with Gasteiger partial charge < -0.3 is 9.64 Å². The number of ether oxygens (including phenoxy) is 1. The van der Waals surface area contributed by atoms with Crippen LogP contribution in [-0.4, -0.2) is 42.7 Å². The molecule has 0 spiro atoms. The monoisotopic (exact) mass is 341 g/mol. The van der Waals surface area contributed by atoms with Gasteiger partial charge in [-0.3, -0.25) is 4.79 Å². The molecule has 1 aromatic carbocycles. The third-order valence-corrected chi connectivity index (χ3v) is 4.78. The second-order valence-corrected chi connectivity index (χ2v) is 6.80. The average molecular weight is 342 g/mol. The Balaban J connectivity index is 1.93. The van der Waals surface area contributed by atoms with E-state index in [4.69, 9.17) is 16.3 Å². The maximum Gasteiger partial charge on any atom is 0.340 e. The first-order valence-corrected chi connectivity index (χ1v) is 8.90. The van der Waals surface area contributed by atoms with Crippen molar-refractivity contribution in [3.05, 3.63) is 28.8 Å². The lowest BCUT2D eigenvalue weighted by Crippen LogP contribution is -2.41. The Kier molecular flexibility index (Phi) is 6.15. The van der Waals surface area contributed by atoms with Gasteiger partial charge in [0.1, 0.15) is 0 Å². The predicted molar refractivity (Wildman–Crippen MR) is 88.5 cm³/mol. The third-order valence-electron chi connectivity index (χ3n) is 3.73. The molecule has 0 N–H and O–H groups in total. The second-order valence-electron chi connectivity index (χ2n) is 5.51. The third kappa shape index (κ3) is 4.40. The van der Waals surface area contributed by atoms with Gasteiger partial charge in [-0.05, 0) is 43.2 Å². The van der Waals surface area contributed by atoms with E-state index in [0.717, 1.165) is 30.8 Å². The van der Waals surface area contributed by atoms with Gasteiger partial charge in [0.2, 0.25) is 0 Å². The molecule has 0 bridgehead atoms. The topological polar surface area (TPSA) is 46.6 Å². The summed E-state index contributed by atoms with van der Waals surface area (Å²) in [5, 5.41) is 0.335. The Morgan fingerprint density at radius 2 is 2.23 bits per heavy atom. The maximum absolute atomic E-state index is 12.1. The van der Waals surface area contributed by atoms with Crippen molar-refractivity contribution in [2.75, 3.05) is 26.0 Å². The van der Waals surface area contributed by atoms with E-state index in [0.29, 0.717) is 16.5 Å². The number of benzene rings is 1. The molecule has 0 radical (unpaired) electrons. The van der Waals surface area contributed by atoms with Crippen LogP contribution in [0.1, 0.15) is 30.1 Å². The molecular weight excluding hydrogens is 322 g/mol. The van der Waals surface area contributed by atoms with Crippen molar-refractivity contribution in [3.8, 4) is 0 Å². The van der Waals surface area contributed by atoms with Crippen LogP contribution in [0.2, 0.25) is 5.02 Å². The lowest BCUT2D eigenvalue weighted by Gasteiger charge is -2.30. The minimum atomic E-state index is -0.556. The summed E-state index contributed by atoms with van der Waals surface area (Å²) < 4.78 is 5.13. The molecule has 4 nitrogen and oxygen atoms in total. The van der Waals surface area contributed by atoms with Crippen LogP contribution in [0.5, 0.6) is 0 Å². The first-order valence-electron chi connectivity index (χ1n) is 7.29. The van der Waals surface area contributed by atoms with Crippen LogP contribution in [0.4, 0.5) is 0 Å². The molecule has 6 heteroatoms. The van der Waals surface area contributed by atoms with Crippen molar-refractivity contribution in [3.63, 3.8) is 0 Å². The van der Waals surface area contributed by atoms with Crippen LogP contribution in [0.25, 0.3) is 0 Å². The van der Waals surface area contributed by atoms with Crippen molar-refractivity contribution in [1.82, 2.24) is 4.90 Å². The van der Waals surface area contributed by atoms with Crippen LogP contribution in [0.15, 0.2) is 23.1 Å². The Bertz CT molecular complexity index is 564. The summed E-state index contributed by atoms with van der Waals surface area (Å²) in [4.78, 5) is 26.9. The number of hydrogen-bond acceptors (Lipinski definition) is 4. The Hall–Kier alpha value is -1.20. The number of carbonyl (C=O) groups is 2. The van der Waals surface area contributed by atoms with Crippen molar-refractivity contribution in [1.29, 1.82) is 0 Å². The van der Waals surface area contributed by atoms with E-state index in [1.165, 1.54) is 11.8 Å². The number of amides is 1. The van der Waals surface area contributed by atoms with Gasteiger partial charge in [0.05, 0.1) is 10.6 Å². The number of likely N-dealkylation sites (tertiary alicyclic amines) is 1. The standard InChI is InChI=1S/C16H20ClNO3S/c1-11-4-3-7-18(9-11)15(19)10-21-16(20)13-8-12(22-2)5-6-14(13)17/h5-6,8,11H,3-4,7,9-10H2,1-2H3/t11-/m1/s1. The van der Waals surface area contributed by atoms with Crippen molar-refractivity contribution >= 4 is 35.2 Å². The highest BCUT2D eigenvalue weighted by molar-refractivity contribution is 7.98. The van der Waals surface area contributed by atoms with Crippen molar-refractivity contribution < 1.29 is 14.3 Å².